The summed E-state index contributed by atoms with van der Waals surface area (Å²) < 4.78 is 19.0. The van der Waals surface area contributed by atoms with Gasteiger partial charge >= 0.3 is 0 Å². The van der Waals surface area contributed by atoms with Gasteiger partial charge in [0, 0.05) is 38.3 Å². The van der Waals surface area contributed by atoms with Gasteiger partial charge in [-0.05, 0) is 36.2 Å². The maximum Gasteiger partial charge on any atom is 0.191 e. The molecule has 1 aliphatic heterocycles. The highest BCUT2D eigenvalue weighted by Gasteiger charge is 2.25. The average molecular weight is 514 g/mol. The number of aliphatic hydroxyl groups is 1. The monoisotopic (exact) mass is 514 g/mol. The second-order valence-electron chi connectivity index (χ2n) is 6.76. The molecule has 1 heterocycles. The van der Waals surface area contributed by atoms with Crippen molar-refractivity contribution < 1.29 is 14.2 Å². The predicted molar refractivity (Wildman–Crippen MR) is 125 cm³/mol. The molecule has 0 radical (unpaired) electrons. The topological polar surface area (TPSA) is 69.1 Å². The maximum atomic E-state index is 13.5. The highest BCUT2D eigenvalue weighted by Crippen LogP contribution is 2.30. The van der Waals surface area contributed by atoms with E-state index in [-0.39, 0.29) is 36.6 Å². The quantitative estimate of drug-likeness (QED) is 0.315. The molecule has 0 spiro atoms. The number of guanidine groups is 1. The van der Waals surface area contributed by atoms with Crippen molar-refractivity contribution in [2.45, 2.75) is 25.6 Å². The van der Waals surface area contributed by atoms with Crippen molar-refractivity contribution in [2.75, 3.05) is 32.1 Å². The molecule has 0 aromatic heterocycles. The molecule has 3 N–H and O–H groups in total. The van der Waals surface area contributed by atoms with Gasteiger partial charge in [0.1, 0.15) is 11.6 Å². The van der Waals surface area contributed by atoms with Crippen LogP contribution < -0.4 is 20.3 Å². The molecule has 29 heavy (non-hydrogen) atoms. The summed E-state index contributed by atoms with van der Waals surface area (Å²) in [7, 11) is 3.42. The third-order valence-corrected chi connectivity index (χ3v) is 4.92. The molecule has 1 fully saturated rings. The van der Waals surface area contributed by atoms with Gasteiger partial charge in [-0.3, -0.25) is 4.99 Å². The zero-order valence-corrected chi connectivity index (χ0v) is 19.0. The van der Waals surface area contributed by atoms with E-state index in [0.717, 1.165) is 36.5 Å². The van der Waals surface area contributed by atoms with E-state index in [9.17, 15) is 9.50 Å². The number of para-hydroxylation sites is 2. The number of aliphatic imine (C=N–C) groups is 1. The summed E-state index contributed by atoms with van der Waals surface area (Å²) in [4.78, 5) is 6.59. The number of aliphatic hydroxyl groups excluding tert-OH is 1. The molecule has 0 amide bonds. The van der Waals surface area contributed by atoms with Gasteiger partial charge in [0.05, 0.1) is 19.4 Å². The van der Waals surface area contributed by atoms with Crippen LogP contribution in [0.1, 0.15) is 17.5 Å². The zero-order valence-electron chi connectivity index (χ0n) is 16.7. The highest BCUT2D eigenvalue weighted by molar-refractivity contribution is 14.0. The summed E-state index contributed by atoms with van der Waals surface area (Å²) in [5.74, 6) is 1.18. The van der Waals surface area contributed by atoms with Crippen molar-refractivity contribution in [3.63, 3.8) is 0 Å². The number of halogens is 2. The standard InChI is InChI=1S/C21H27FN4O2.HI/c1-23-21(24-12-15-7-8-18(22)16(11-15)14-27)25-17-9-10-26(13-17)19-5-3-4-6-20(19)28-2;/h3-8,11,17,27H,9-10,12-14H2,1-2H3,(H2,23,24,25);1H. The lowest BCUT2D eigenvalue weighted by atomic mass is 10.1. The van der Waals surface area contributed by atoms with E-state index in [2.05, 4.69) is 26.6 Å². The molecule has 158 valence electrons. The Kier molecular flexibility index (Phi) is 8.97. The number of nitrogens with one attached hydrogen (secondary N) is 2. The van der Waals surface area contributed by atoms with Crippen molar-refractivity contribution in [1.82, 2.24) is 10.6 Å². The smallest absolute Gasteiger partial charge is 0.191 e. The van der Waals surface area contributed by atoms with E-state index in [1.54, 1.807) is 26.3 Å². The van der Waals surface area contributed by atoms with Crippen LogP contribution in [0.15, 0.2) is 47.5 Å². The largest absolute Gasteiger partial charge is 0.495 e. The fraction of sp³-hybridized carbons (Fsp3) is 0.381. The summed E-state index contributed by atoms with van der Waals surface area (Å²) >= 11 is 0. The molecular formula is C21H28FIN4O2. The summed E-state index contributed by atoms with van der Waals surface area (Å²) in [5.41, 5.74) is 2.28. The van der Waals surface area contributed by atoms with Gasteiger partial charge in [0.15, 0.2) is 5.96 Å². The molecule has 6 nitrogen and oxygen atoms in total. The van der Waals surface area contributed by atoms with Gasteiger partial charge in [0.25, 0.3) is 0 Å². The molecule has 3 rings (SSSR count). The summed E-state index contributed by atoms with van der Waals surface area (Å²) in [6, 6.07) is 13.0. The Morgan fingerprint density at radius 1 is 1.31 bits per heavy atom. The van der Waals surface area contributed by atoms with Gasteiger partial charge in [-0.2, -0.15) is 0 Å². The number of rotatable bonds is 6. The van der Waals surface area contributed by atoms with Crippen LogP contribution in [-0.2, 0) is 13.2 Å². The van der Waals surface area contributed by atoms with Crippen LogP contribution in [-0.4, -0.2) is 44.4 Å². The number of benzene rings is 2. The number of nitrogens with zero attached hydrogens (tertiary/aromatic N) is 2. The van der Waals surface area contributed by atoms with Crippen LogP contribution in [0.25, 0.3) is 0 Å². The van der Waals surface area contributed by atoms with Gasteiger partial charge in [0.2, 0.25) is 0 Å². The van der Waals surface area contributed by atoms with Crippen LogP contribution in [0.4, 0.5) is 10.1 Å². The number of methoxy groups -OCH3 is 1. The zero-order chi connectivity index (χ0) is 19.9. The van der Waals surface area contributed by atoms with Crippen molar-refractivity contribution >= 4 is 35.6 Å². The van der Waals surface area contributed by atoms with Crippen LogP contribution in [0, 0.1) is 5.82 Å². The first-order chi connectivity index (χ1) is 13.6. The van der Waals surface area contributed by atoms with Crippen molar-refractivity contribution in [1.29, 1.82) is 0 Å². The molecule has 0 aliphatic carbocycles. The van der Waals surface area contributed by atoms with Gasteiger partial charge in [-0.1, -0.05) is 18.2 Å². The first kappa shape index (κ1) is 23.2. The molecule has 1 saturated heterocycles. The molecule has 1 aliphatic rings. The fourth-order valence-electron chi connectivity index (χ4n) is 3.42. The third-order valence-electron chi connectivity index (χ3n) is 4.92. The van der Waals surface area contributed by atoms with Crippen LogP contribution in [0.5, 0.6) is 5.75 Å². The Labute approximate surface area is 188 Å². The molecule has 0 saturated carbocycles. The van der Waals surface area contributed by atoms with Crippen molar-refractivity contribution in [3.8, 4) is 5.75 Å². The first-order valence-electron chi connectivity index (χ1n) is 9.38. The van der Waals surface area contributed by atoms with E-state index in [0.29, 0.717) is 18.1 Å². The van der Waals surface area contributed by atoms with Crippen molar-refractivity contribution in [2.24, 2.45) is 4.99 Å². The summed E-state index contributed by atoms with van der Waals surface area (Å²) in [6.45, 7) is 1.97. The lowest BCUT2D eigenvalue weighted by Gasteiger charge is -2.22. The second-order valence-corrected chi connectivity index (χ2v) is 6.76. The molecule has 2 aromatic rings. The van der Waals surface area contributed by atoms with Gasteiger partial charge in [-0.15, -0.1) is 24.0 Å². The minimum atomic E-state index is -0.392. The maximum absolute atomic E-state index is 13.5. The Hall–Kier alpha value is -2.07. The Balaban J connectivity index is 0.00000300. The van der Waals surface area contributed by atoms with E-state index in [4.69, 9.17) is 4.74 Å². The van der Waals surface area contributed by atoms with E-state index >= 15 is 0 Å². The molecule has 1 atom stereocenters. The second kappa shape index (κ2) is 11.2. The number of ether oxygens (including phenoxy) is 1. The number of hydrogen-bond acceptors (Lipinski definition) is 4. The highest BCUT2D eigenvalue weighted by atomic mass is 127. The predicted octanol–water partition coefficient (Wildman–Crippen LogP) is 2.89. The SMILES string of the molecule is CN=C(NCc1ccc(F)c(CO)c1)NC1CCN(c2ccccc2OC)C1.I. The van der Waals surface area contributed by atoms with Crippen LogP contribution >= 0.6 is 24.0 Å². The summed E-state index contributed by atoms with van der Waals surface area (Å²) in [6.07, 6.45) is 0.990. The molecule has 1 unspecified atom stereocenters. The number of hydrogen-bond donors (Lipinski definition) is 3. The summed E-state index contributed by atoms with van der Waals surface area (Å²) in [5, 5.41) is 15.9. The van der Waals surface area contributed by atoms with Gasteiger partial charge in [-0.25, -0.2) is 4.39 Å². The third kappa shape index (κ3) is 5.96. The molecule has 8 heteroatoms. The Bertz CT molecular complexity index is 834. The molecular weight excluding hydrogens is 486 g/mol. The lowest BCUT2D eigenvalue weighted by molar-refractivity contribution is 0.275. The van der Waals surface area contributed by atoms with Crippen LogP contribution in [0.3, 0.4) is 0 Å². The minimum absolute atomic E-state index is 0. The first-order valence-corrected chi connectivity index (χ1v) is 9.38. The van der Waals surface area contributed by atoms with E-state index < -0.39 is 5.82 Å². The van der Waals surface area contributed by atoms with Crippen molar-refractivity contribution in [3.05, 3.63) is 59.4 Å². The minimum Gasteiger partial charge on any atom is -0.495 e. The van der Waals surface area contributed by atoms with E-state index in [1.807, 2.05) is 18.2 Å². The Morgan fingerprint density at radius 3 is 2.83 bits per heavy atom. The average Bonchev–Trinajstić information content (AvgIpc) is 3.20. The number of anilines is 1. The lowest BCUT2D eigenvalue weighted by Crippen LogP contribution is -2.44. The normalized spacial score (nSPS) is 16.3. The Morgan fingerprint density at radius 2 is 2.10 bits per heavy atom. The van der Waals surface area contributed by atoms with E-state index in [1.165, 1.54) is 6.07 Å². The molecule has 0 bridgehead atoms. The molecule has 2 aromatic carbocycles. The fourth-order valence-corrected chi connectivity index (χ4v) is 3.42. The van der Waals surface area contributed by atoms with Crippen LogP contribution in [0.2, 0.25) is 0 Å². The van der Waals surface area contributed by atoms with Gasteiger partial charge < -0.3 is 25.4 Å².